The highest BCUT2D eigenvalue weighted by Crippen LogP contribution is 2.17. The quantitative estimate of drug-likeness (QED) is 0.811. The Kier molecular flexibility index (Phi) is 2.76. The second-order valence-electron chi connectivity index (χ2n) is 3.27. The van der Waals surface area contributed by atoms with Gasteiger partial charge in [0.25, 0.3) is 10.0 Å². The van der Waals surface area contributed by atoms with E-state index in [0.29, 0.717) is 25.4 Å². The lowest BCUT2D eigenvalue weighted by atomic mass is 10.5. The number of hydrogen-bond donors (Lipinski definition) is 1. The van der Waals surface area contributed by atoms with Gasteiger partial charge in [-0.1, -0.05) is 11.4 Å². The molecular weight excluding hydrogens is 218 g/mol. The number of nitrogens with zero attached hydrogens (tertiary/aromatic N) is 2. The normalized spacial score (nSPS) is 18.5. The van der Waals surface area contributed by atoms with Gasteiger partial charge in [-0.3, -0.25) is 4.84 Å². The summed E-state index contributed by atoms with van der Waals surface area (Å²) in [6.45, 7) is 2.76. The number of aromatic amines is 1. The molecule has 2 rings (SSSR count). The molecule has 15 heavy (non-hydrogen) atoms. The van der Waals surface area contributed by atoms with E-state index in [1.165, 1.54) is 6.20 Å². The highest BCUT2D eigenvalue weighted by Gasteiger charge is 2.30. The van der Waals surface area contributed by atoms with Crippen LogP contribution in [-0.4, -0.2) is 36.0 Å². The monoisotopic (exact) mass is 231 g/mol. The van der Waals surface area contributed by atoms with Crippen LogP contribution in [0.5, 0.6) is 0 Å². The van der Waals surface area contributed by atoms with E-state index in [9.17, 15) is 8.42 Å². The zero-order valence-electron chi connectivity index (χ0n) is 8.43. The maximum atomic E-state index is 11.9. The van der Waals surface area contributed by atoms with E-state index in [1.54, 1.807) is 0 Å². The molecule has 2 heterocycles. The molecule has 6 nitrogen and oxygen atoms in total. The van der Waals surface area contributed by atoms with Crippen LogP contribution in [-0.2, 0) is 21.3 Å². The minimum atomic E-state index is -3.53. The van der Waals surface area contributed by atoms with Gasteiger partial charge in [-0.15, -0.1) is 0 Å². The van der Waals surface area contributed by atoms with Gasteiger partial charge in [-0.25, -0.2) is 13.4 Å². The largest absolute Gasteiger partial charge is 0.332 e. The molecule has 1 saturated heterocycles. The number of imidazole rings is 1. The Balaban J connectivity index is 2.28. The first-order chi connectivity index (χ1) is 7.14. The van der Waals surface area contributed by atoms with E-state index in [4.69, 9.17) is 4.84 Å². The third kappa shape index (κ3) is 1.90. The molecule has 1 fully saturated rings. The Hall–Kier alpha value is -0.920. The lowest BCUT2D eigenvalue weighted by Crippen LogP contribution is -2.27. The standard InChI is InChI=1S/C8H13N3O3S/c1-2-7-9-6-8(10-7)15(12,13)11-4-3-5-14-11/h6H,2-5H2,1H3,(H,9,10). The van der Waals surface area contributed by atoms with Crippen molar-refractivity contribution in [1.82, 2.24) is 14.4 Å². The smallest absolute Gasteiger partial charge is 0.282 e. The maximum absolute atomic E-state index is 11.9. The van der Waals surface area contributed by atoms with E-state index >= 15 is 0 Å². The SMILES string of the molecule is CCc1ncc(S(=O)(=O)N2CCCO2)[nH]1. The van der Waals surface area contributed by atoms with Gasteiger partial charge in [0, 0.05) is 13.0 Å². The molecule has 84 valence electrons. The van der Waals surface area contributed by atoms with Gasteiger partial charge in [0.05, 0.1) is 12.8 Å². The van der Waals surface area contributed by atoms with Crippen LogP contribution in [0.2, 0.25) is 0 Å². The molecule has 0 radical (unpaired) electrons. The van der Waals surface area contributed by atoms with Crippen molar-refractivity contribution < 1.29 is 13.3 Å². The van der Waals surface area contributed by atoms with Crippen molar-refractivity contribution in [3.63, 3.8) is 0 Å². The number of aromatic nitrogens is 2. The Bertz CT molecular complexity index is 434. The molecule has 0 atom stereocenters. The first-order valence-corrected chi connectivity index (χ1v) is 6.28. The van der Waals surface area contributed by atoms with Gasteiger partial charge >= 0.3 is 0 Å². The van der Waals surface area contributed by atoms with Crippen molar-refractivity contribution in [3.05, 3.63) is 12.0 Å². The van der Waals surface area contributed by atoms with Crippen LogP contribution in [0, 0.1) is 0 Å². The summed E-state index contributed by atoms with van der Waals surface area (Å²) in [5.74, 6) is 0.660. The number of nitrogens with one attached hydrogen (secondary N) is 1. The molecule has 0 saturated carbocycles. The van der Waals surface area contributed by atoms with Crippen LogP contribution in [0.25, 0.3) is 0 Å². The summed E-state index contributed by atoms with van der Waals surface area (Å²) in [5, 5.41) is 0.0984. The van der Waals surface area contributed by atoms with Crippen LogP contribution in [0.1, 0.15) is 19.2 Å². The molecule has 0 aliphatic carbocycles. The summed E-state index contributed by atoms with van der Waals surface area (Å²) >= 11 is 0. The molecule has 0 spiro atoms. The number of aryl methyl sites for hydroxylation is 1. The zero-order chi connectivity index (χ0) is 10.9. The summed E-state index contributed by atoms with van der Waals surface area (Å²) in [6, 6.07) is 0. The molecule has 0 aromatic carbocycles. The maximum Gasteiger partial charge on any atom is 0.282 e. The molecule has 0 bridgehead atoms. The lowest BCUT2D eigenvalue weighted by Gasteiger charge is -2.11. The Morgan fingerprint density at radius 2 is 2.47 bits per heavy atom. The van der Waals surface area contributed by atoms with Gasteiger partial charge in [0.15, 0.2) is 5.03 Å². The van der Waals surface area contributed by atoms with E-state index in [1.807, 2.05) is 6.92 Å². The van der Waals surface area contributed by atoms with Crippen LogP contribution in [0.15, 0.2) is 11.2 Å². The van der Waals surface area contributed by atoms with E-state index < -0.39 is 10.0 Å². The molecule has 0 unspecified atom stereocenters. The summed E-state index contributed by atoms with van der Waals surface area (Å²) in [4.78, 5) is 11.7. The predicted octanol–water partition coefficient (Wildman–Crippen LogP) is 0.298. The lowest BCUT2D eigenvalue weighted by molar-refractivity contribution is -0.0286. The van der Waals surface area contributed by atoms with Crippen molar-refractivity contribution in [2.24, 2.45) is 0 Å². The first kappa shape index (κ1) is 10.6. The number of sulfonamides is 1. The second-order valence-corrected chi connectivity index (χ2v) is 5.06. The molecule has 1 aromatic rings. The minimum Gasteiger partial charge on any atom is -0.332 e. The summed E-state index contributed by atoms with van der Waals surface area (Å²) < 4.78 is 24.8. The molecule has 1 aliphatic rings. The van der Waals surface area contributed by atoms with Gasteiger partial charge in [0.1, 0.15) is 5.82 Å². The highest BCUT2D eigenvalue weighted by molar-refractivity contribution is 7.88. The number of hydroxylamine groups is 1. The minimum absolute atomic E-state index is 0.0984. The van der Waals surface area contributed by atoms with Gasteiger partial charge in [-0.2, -0.15) is 0 Å². The molecule has 1 aromatic heterocycles. The predicted molar refractivity (Wildman–Crippen MR) is 52.4 cm³/mol. The number of hydrogen-bond acceptors (Lipinski definition) is 4. The number of rotatable bonds is 3. The Morgan fingerprint density at radius 1 is 1.67 bits per heavy atom. The van der Waals surface area contributed by atoms with Crippen molar-refractivity contribution >= 4 is 10.0 Å². The fourth-order valence-electron chi connectivity index (χ4n) is 1.38. The molecule has 1 N–H and O–H groups in total. The van der Waals surface area contributed by atoms with Gasteiger partial charge in [-0.05, 0) is 6.42 Å². The average Bonchev–Trinajstić information content (AvgIpc) is 2.89. The van der Waals surface area contributed by atoms with Crippen LogP contribution < -0.4 is 0 Å². The molecule has 7 heteroatoms. The third-order valence-electron chi connectivity index (χ3n) is 2.21. The molecule has 1 aliphatic heterocycles. The number of H-pyrrole nitrogens is 1. The Labute approximate surface area is 88.3 Å². The van der Waals surface area contributed by atoms with Crippen molar-refractivity contribution in [2.75, 3.05) is 13.2 Å². The second kappa shape index (κ2) is 3.92. The summed E-state index contributed by atoms with van der Waals surface area (Å²) in [7, 11) is -3.53. The molecule has 0 amide bonds. The first-order valence-electron chi connectivity index (χ1n) is 4.84. The van der Waals surface area contributed by atoms with Crippen molar-refractivity contribution in [3.8, 4) is 0 Å². The summed E-state index contributed by atoms with van der Waals surface area (Å²) in [6.07, 6.45) is 2.74. The van der Waals surface area contributed by atoms with E-state index in [-0.39, 0.29) is 5.03 Å². The van der Waals surface area contributed by atoms with E-state index in [0.717, 1.165) is 10.9 Å². The molecular formula is C8H13N3O3S. The third-order valence-corrected chi connectivity index (χ3v) is 3.79. The zero-order valence-corrected chi connectivity index (χ0v) is 9.25. The van der Waals surface area contributed by atoms with Crippen molar-refractivity contribution in [2.45, 2.75) is 24.8 Å². The van der Waals surface area contributed by atoms with E-state index in [2.05, 4.69) is 9.97 Å². The summed E-state index contributed by atoms with van der Waals surface area (Å²) in [5.41, 5.74) is 0. The Morgan fingerprint density at radius 3 is 3.00 bits per heavy atom. The average molecular weight is 231 g/mol. The van der Waals surface area contributed by atoms with Gasteiger partial charge < -0.3 is 4.98 Å². The highest BCUT2D eigenvalue weighted by atomic mass is 32.2. The fraction of sp³-hybridized carbons (Fsp3) is 0.625. The fourth-order valence-corrected chi connectivity index (χ4v) is 2.61. The van der Waals surface area contributed by atoms with Crippen LogP contribution in [0.3, 0.4) is 0 Å². The topological polar surface area (TPSA) is 75.3 Å². The van der Waals surface area contributed by atoms with Crippen LogP contribution >= 0.6 is 0 Å². The van der Waals surface area contributed by atoms with Crippen LogP contribution in [0.4, 0.5) is 0 Å². The van der Waals surface area contributed by atoms with Gasteiger partial charge in [0.2, 0.25) is 0 Å². The van der Waals surface area contributed by atoms with Crippen molar-refractivity contribution in [1.29, 1.82) is 0 Å².